The van der Waals surface area contributed by atoms with Crippen LogP contribution in [0.5, 0.6) is 0 Å². The molecule has 2 aliphatic rings. The van der Waals surface area contributed by atoms with Gasteiger partial charge in [0.1, 0.15) is 0 Å². The summed E-state index contributed by atoms with van der Waals surface area (Å²) in [6, 6.07) is 30.9. The van der Waals surface area contributed by atoms with Crippen LogP contribution in [-0.2, 0) is 12.6 Å². The molecule has 0 N–H and O–H groups in total. The van der Waals surface area contributed by atoms with Gasteiger partial charge < -0.3 is 0 Å². The third-order valence-electron chi connectivity index (χ3n) is 8.71. The predicted molar refractivity (Wildman–Crippen MR) is 155 cm³/mol. The second-order valence-electron chi connectivity index (χ2n) is 10.9. The molecule has 0 bridgehead atoms. The van der Waals surface area contributed by atoms with Gasteiger partial charge in [0.05, 0.1) is 22.6 Å². The van der Waals surface area contributed by atoms with Crippen molar-refractivity contribution < 1.29 is 22.3 Å². The van der Waals surface area contributed by atoms with Gasteiger partial charge in [0.25, 0.3) is 0 Å². The van der Waals surface area contributed by atoms with E-state index in [0.717, 1.165) is 44.9 Å². The van der Waals surface area contributed by atoms with E-state index >= 15 is 0 Å². The highest BCUT2D eigenvalue weighted by Crippen LogP contribution is 2.47. The fraction of sp³-hybridized carbons (Fsp3) is 0.167. The number of aryl methyl sites for hydroxylation is 1. The Morgan fingerprint density at radius 1 is 0.780 bits per heavy atom. The summed E-state index contributed by atoms with van der Waals surface area (Å²) in [6.07, 6.45) is 0.431. The average Bonchev–Trinajstić information content (AvgIpc) is 3.03. The Morgan fingerprint density at radius 2 is 1.51 bits per heavy atom. The third-order valence-corrected chi connectivity index (χ3v) is 8.71. The zero-order valence-corrected chi connectivity index (χ0v) is 22.7. The Kier molecular flexibility index (Phi) is 5.93. The van der Waals surface area contributed by atoms with Crippen LogP contribution in [0, 0.1) is 6.92 Å². The van der Waals surface area contributed by atoms with Crippen LogP contribution in [-0.4, -0.2) is 0 Å². The SMILES string of the molecule is C=C1C2C(CCc3c(cccc3C(F)(F)F)-c3c(-c4ccccc4)c(C)cc[n+]31)c1ccccc1-c1cccc[n+]12. The minimum atomic E-state index is -4.47. The summed E-state index contributed by atoms with van der Waals surface area (Å²) >= 11 is 0. The van der Waals surface area contributed by atoms with Crippen molar-refractivity contribution in [2.45, 2.75) is 37.9 Å². The molecule has 2 aliphatic heterocycles. The molecule has 2 nitrogen and oxygen atoms in total. The van der Waals surface area contributed by atoms with Gasteiger partial charge in [-0.15, -0.1) is 0 Å². The maximum absolute atomic E-state index is 14.6. The Bertz CT molecular complexity index is 1820. The molecule has 5 heteroatoms. The van der Waals surface area contributed by atoms with Crippen LogP contribution in [0.1, 0.15) is 40.6 Å². The van der Waals surface area contributed by atoms with E-state index < -0.39 is 11.7 Å². The highest BCUT2D eigenvalue weighted by atomic mass is 19.4. The smallest absolute Gasteiger partial charge is 0.184 e. The fourth-order valence-electron chi connectivity index (χ4n) is 6.96. The quantitative estimate of drug-likeness (QED) is 0.187. The summed E-state index contributed by atoms with van der Waals surface area (Å²) in [5.41, 5.74) is 8.18. The van der Waals surface area contributed by atoms with Crippen molar-refractivity contribution in [1.82, 2.24) is 0 Å². The zero-order valence-electron chi connectivity index (χ0n) is 22.7. The largest absolute Gasteiger partial charge is 0.416 e. The van der Waals surface area contributed by atoms with Crippen LogP contribution in [0.25, 0.3) is 39.3 Å². The number of halogens is 3. The molecule has 0 radical (unpaired) electrons. The molecule has 4 heterocycles. The zero-order chi connectivity index (χ0) is 28.3. The van der Waals surface area contributed by atoms with E-state index in [9.17, 15) is 13.2 Å². The van der Waals surface area contributed by atoms with E-state index in [1.165, 1.54) is 12.1 Å². The number of nitrogens with zero attached hydrogens (tertiary/aromatic N) is 2. The summed E-state index contributed by atoms with van der Waals surface area (Å²) in [5.74, 6) is -0.0623. The lowest BCUT2D eigenvalue weighted by Crippen LogP contribution is -2.53. The van der Waals surface area contributed by atoms with E-state index in [1.807, 2.05) is 79.9 Å². The first-order valence-electron chi connectivity index (χ1n) is 13.9. The molecule has 41 heavy (non-hydrogen) atoms. The Balaban J connectivity index is 1.59. The van der Waals surface area contributed by atoms with Crippen molar-refractivity contribution >= 4 is 5.70 Å². The number of pyridine rings is 2. The molecule has 0 spiro atoms. The molecule has 0 fully saturated rings. The lowest BCUT2D eigenvalue weighted by molar-refractivity contribution is -0.727. The molecule has 2 aromatic heterocycles. The van der Waals surface area contributed by atoms with Crippen LogP contribution in [0.15, 0.2) is 116 Å². The molecule has 0 saturated carbocycles. The first-order valence-corrected chi connectivity index (χ1v) is 13.9. The standard InChI is InChI=1S/C36H29F3N2/c1-23-20-22-40-24(2)34-30(26-13-6-7-14-28(26)32-17-8-9-21-41(32)34)19-18-27-29(15-10-16-31(27)36(37,38)39)35(40)33(23)25-11-4-3-5-12-25/h3-17,20-22,30,34H,2,18-19H2,1H3/q+2. The van der Waals surface area contributed by atoms with Crippen molar-refractivity contribution in [3.05, 3.63) is 138 Å². The molecular weight excluding hydrogens is 517 g/mol. The van der Waals surface area contributed by atoms with Gasteiger partial charge in [-0.25, -0.2) is 0 Å². The number of benzene rings is 3. The number of fused-ring (bicyclic) bond motifs is 9. The van der Waals surface area contributed by atoms with Gasteiger partial charge >= 0.3 is 6.18 Å². The van der Waals surface area contributed by atoms with Crippen molar-refractivity contribution in [2.24, 2.45) is 0 Å². The Hall–Kier alpha value is -4.51. The monoisotopic (exact) mass is 546 g/mol. The van der Waals surface area contributed by atoms with Crippen molar-refractivity contribution in [1.29, 1.82) is 0 Å². The van der Waals surface area contributed by atoms with Gasteiger partial charge in [-0.3, -0.25) is 0 Å². The topological polar surface area (TPSA) is 7.76 Å². The minimum absolute atomic E-state index is 0.0623. The molecule has 0 amide bonds. The van der Waals surface area contributed by atoms with Crippen LogP contribution >= 0.6 is 0 Å². The van der Waals surface area contributed by atoms with Crippen LogP contribution in [0.3, 0.4) is 0 Å². The van der Waals surface area contributed by atoms with Crippen LogP contribution in [0.4, 0.5) is 13.2 Å². The first-order chi connectivity index (χ1) is 19.8. The molecule has 2 unspecified atom stereocenters. The maximum Gasteiger partial charge on any atom is 0.416 e. The molecule has 0 saturated heterocycles. The number of allylic oxidation sites excluding steroid dienone is 1. The van der Waals surface area contributed by atoms with Gasteiger partial charge in [0.2, 0.25) is 23.1 Å². The van der Waals surface area contributed by atoms with Crippen LogP contribution in [0.2, 0.25) is 0 Å². The molecule has 5 aromatic rings. The summed E-state index contributed by atoms with van der Waals surface area (Å²) in [5, 5.41) is 0. The van der Waals surface area contributed by atoms with Gasteiger partial charge in [0, 0.05) is 23.8 Å². The summed E-state index contributed by atoms with van der Waals surface area (Å²) in [4.78, 5) is 0. The fourth-order valence-corrected chi connectivity index (χ4v) is 6.96. The molecule has 3 aromatic carbocycles. The van der Waals surface area contributed by atoms with Gasteiger partial charge in [-0.2, -0.15) is 22.3 Å². The van der Waals surface area contributed by atoms with E-state index in [4.69, 9.17) is 0 Å². The Labute approximate surface area is 237 Å². The minimum Gasteiger partial charge on any atom is -0.184 e. The molecule has 202 valence electrons. The molecule has 7 rings (SSSR count). The van der Waals surface area contributed by atoms with Gasteiger partial charge in [-0.1, -0.05) is 54.6 Å². The van der Waals surface area contributed by atoms with Crippen molar-refractivity contribution in [2.75, 3.05) is 0 Å². The molecule has 0 aliphatic carbocycles. The second kappa shape index (κ2) is 9.55. The third kappa shape index (κ3) is 4.02. The number of rotatable bonds is 1. The summed E-state index contributed by atoms with van der Waals surface area (Å²) in [7, 11) is 0. The lowest BCUT2D eigenvalue weighted by atomic mass is 9.78. The Morgan fingerprint density at radius 3 is 2.32 bits per heavy atom. The van der Waals surface area contributed by atoms with E-state index in [0.29, 0.717) is 24.0 Å². The normalized spacial score (nSPS) is 17.6. The second-order valence-corrected chi connectivity index (χ2v) is 10.9. The number of hydrogen-bond acceptors (Lipinski definition) is 0. The summed E-state index contributed by atoms with van der Waals surface area (Å²) < 4.78 is 48.1. The van der Waals surface area contributed by atoms with E-state index in [-0.39, 0.29) is 12.0 Å². The van der Waals surface area contributed by atoms with E-state index in [2.05, 4.69) is 40.1 Å². The highest BCUT2D eigenvalue weighted by Gasteiger charge is 2.48. The molecular formula is C36H29F3N2+2. The summed E-state index contributed by atoms with van der Waals surface area (Å²) in [6.45, 7) is 6.71. The van der Waals surface area contributed by atoms with Gasteiger partial charge in [0.15, 0.2) is 12.4 Å². The van der Waals surface area contributed by atoms with Crippen LogP contribution < -0.4 is 9.13 Å². The van der Waals surface area contributed by atoms with Crippen molar-refractivity contribution in [3.8, 4) is 33.6 Å². The number of hydrogen-bond donors (Lipinski definition) is 0. The average molecular weight is 547 g/mol. The lowest BCUT2D eigenvalue weighted by Gasteiger charge is -2.29. The highest BCUT2D eigenvalue weighted by molar-refractivity contribution is 5.83. The predicted octanol–water partition coefficient (Wildman–Crippen LogP) is 8.35. The maximum atomic E-state index is 14.6. The number of aromatic nitrogens is 2. The van der Waals surface area contributed by atoms with E-state index in [1.54, 1.807) is 0 Å². The molecule has 2 atom stereocenters. The van der Waals surface area contributed by atoms with Gasteiger partial charge in [-0.05, 0) is 72.9 Å². The first kappa shape index (κ1) is 25.5. The number of alkyl halides is 3. The van der Waals surface area contributed by atoms with Crippen molar-refractivity contribution in [3.63, 3.8) is 0 Å².